The van der Waals surface area contributed by atoms with Gasteiger partial charge in [-0.15, -0.1) is 0 Å². The van der Waals surface area contributed by atoms with Gasteiger partial charge in [-0.25, -0.2) is 0 Å². The molecule has 1 fully saturated rings. The normalized spacial score (nSPS) is 28.2. The van der Waals surface area contributed by atoms with Crippen molar-refractivity contribution < 1.29 is 14.7 Å². The van der Waals surface area contributed by atoms with Crippen molar-refractivity contribution in [3.05, 3.63) is 0 Å². The molecule has 0 spiro atoms. The first-order valence-electron chi connectivity index (χ1n) is 4.64. The third-order valence-electron chi connectivity index (χ3n) is 2.66. The van der Waals surface area contributed by atoms with Gasteiger partial charge in [-0.05, 0) is 13.3 Å². The molecule has 0 aromatic rings. The van der Waals surface area contributed by atoms with Gasteiger partial charge < -0.3 is 10.0 Å². The fraction of sp³-hybridized carbons (Fsp3) is 0.778. The number of carboxylic acids is 1. The molecular formula is C9H15NO3. The monoisotopic (exact) mass is 185 g/mol. The third kappa shape index (κ3) is 1.66. The lowest BCUT2D eigenvalue weighted by Gasteiger charge is -2.23. The van der Waals surface area contributed by atoms with Gasteiger partial charge in [0.05, 0.1) is 5.92 Å². The SMILES string of the molecule is CC[C@H]1[C@H](C(=O)O)CC(=O)N1CC. The van der Waals surface area contributed by atoms with Crippen LogP contribution in [0.25, 0.3) is 0 Å². The van der Waals surface area contributed by atoms with Gasteiger partial charge in [0.1, 0.15) is 0 Å². The van der Waals surface area contributed by atoms with Crippen molar-refractivity contribution in [1.82, 2.24) is 4.90 Å². The first kappa shape index (κ1) is 10.0. The van der Waals surface area contributed by atoms with Crippen LogP contribution in [0.2, 0.25) is 0 Å². The number of rotatable bonds is 3. The van der Waals surface area contributed by atoms with Crippen LogP contribution < -0.4 is 0 Å². The van der Waals surface area contributed by atoms with E-state index in [1.165, 1.54) is 0 Å². The van der Waals surface area contributed by atoms with Crippen molar-refractivity contribution in [2.24, 2.45) is 5.92 Å². The molecule has 0 unspecified atom stereocenters. The summed E-state index contributed by atoms with van der Waals surface area (Å²) < 4.78 is 0. The Morgan fingerprint density at radius 2 is 2.23 bits per heavy atom. The number of hydrogen-bond donors (Lipinski definition) is 1. The number of nitrogens with zero attached hydrogens (tertiary/aromatic N) is 1. The second-order valence-electron chi connectivity index (χ2n) is 3.30. The number of likely N-dealkylation sites (tertiary alicyclic amines) is 1. The lowest BCUT2D eigenvalue weighted by atomic mass is 9.98. The Morgan fingerprint density at radius 3 is 2.62 bits per heavy atom. The maximum absolute atomic E-state index is 11.4. The van der Waals surface area contributed by atoms with E-state index < -0.39 is 11.9 Å². The van der Waals surface area contributed by atoms with Crippen LogP contribution in [0.1, 0.15) is 26.7 Å². The largest absolute Gasteiger partial charge is 0.481 e. The predicted molar refractivity (Wildman–Crippen MR) is 47.2 cm³/mol. The molecule has 0 radical (unpaired) electrons. The smallest absolute Gasteiger partial charge is 0.309 e. The molecule has 1 heterocycles. The van der Waals surface area contributed by atoms with Gasteiger partial charge in [0.15, 0.2) is 0 Å². The molecule has 1 saturated heterocycles. The lowest BCUT2D eigenvalue weighted by molar-refractivity contribution is -0.142. The molecule has 74 valence electrons. The third-order valence-corrected chi connectivity index (χ3v) is 2.66. The summed E-state index contributed by atoms with van der Waals surface area (Å²) in [7, 11) is 0. The van der Waals surface area contributed by atoms with Crippen molar-refractivity contribution in [3.8, 4) is 0 Å². The van der Waals surface area contributed by atoms with Gasteiger partial charge in [0, 0.05) is 19.0 Å². The first-order chi connectivity index (χ1) is 6.11. The summed E-state index contributed by atoms with van der Waals surface area (Å²) in [5.41, 5.74) is 0. The highest BCUT2D eigenvalue weighted by atomic mass is 16.4. The van der Waals surface area contributed by atoms with Crippen LogP contribution in [0.5, 0.6) is 0 Å². The summed E-state index contributed by atoms with van der Waals surface area (Å²) >= 11 is 0. The van der Waals surface area contributed by atoms with Gasteiger partial charge in [-0.3, -0.25) is 9.59 Å². The molecule has 0 aliphatic carbocycles. The molecule has 1 rings (SSSR count). The molecule has 0 aromatic carbocycles. The highest BCUT2D eigenvalue weighted by Crippen LogP contribution is 2.27. The second-order valence-corrected chi connectivity index (χ2v) is 3.30. The molecule has 4 nitrogen and oxygen atoms in total. The standard InChI is InChI=1S/C9H15NO3/c1-3-7-6(9(12)13)5-8(11)10(7)4-2/h6-7H,3-5H2,1-2H3,(H,12,13)/t6-,7+/m1/s1. The molecule has 13 heavy (non-hydrogen) atoms. The van der Waals surface area contributed by atoms with Crippen LogP contribution in [0.3, 0.4) is 0 Å². The molecule has 1 aliphatic rings. The quantitative estimate of drug-likeness (QED) is 0.704. The minimum absolute atomic E-state index is 0.0262. The van der Waals surface area contributed by atoms with Crippen LogP contribution in [0.4, 0.5) is 0 Å². The lowest BCUT2D eigenvalue weighted by Crippen LogP contribution is -2.36. The van der Waals surface area contributed by atoms with E-state index in [2.05, 4.69) is 0 Å². The van der Waals surface area contributed by atoms with Gasteiger partial charge >= 0.3 is 5.97 Å². The molecule has 0 saturated carbocycles. The van der Waals surface area contributed by atoms with Gasteiger partial charge in [0.2, 0.25) is 5.91 Å². The van der Waals surface area contributed by atoms with E-state index in [0.29, 0.717) is 6.54 Å². The fourth-order valence-corrected chi connectivity index (χ4v) is 2.01. The first-order valence-corrected chi connectivity index (χ1v) is 4.64. The summed E-state index contributed by atoms with van der Waals surface area (Å²) in [5.74, 6) is -1.38. The Kier molecular flexibility index (Phi) is 2.90. The molecule has 0 aromatic heterocycles. The fourth-order valence-electron chi connectivity index (χ4n) is 2.01. The molecule has 4 heteroatoms. The van der Waals surface area contributed by atoms with E-state index in [0.717, 1.165) is 6.42 Å². The maximum atomic E-state index is 11.4. The molecule has 2 atom stereocenters. The van der Waals surface area contributed by atoms with Crippen LogP contribution in [0.15, 0.2) is 0 Å². The maximum Gasteiger partial charge on any atom is 0.309 e. The van der Waals surface area contributed by atoms with Crippen LogP contribution >= 0.6 is 0 Å². The Balaban J connectivity index is 2.81. The predicted octanol–water partition coefficient (Wildman–Crippen LogP) is 0.718. The van der Waals surface area contributed by atoms with E-state index in [9.17, 15) is 9.59 Å². The summed E-state index contributed by atoms with van der Waals surface area (Å²) in [6.45, 7) is 4.41. The Bertz CT molecular complexity index is 227. The Labute approximate surface area is 77.5 Å². The Hall–Kier alpha value is -1.06. The topological polar surface area (TPSA) is 57.6 Å². The zero-order valence-electron chi connectivity index (χ0n) is 7.99. The number of hydrogen-bond acceptors (Lipinski definition) is 2. The number of amides is 1. The minimum Gasteiger partial charge on any atom is -0.481 e. The van der Waals surface area contributed by atoms with Crippen molar-refractivity contribution in [2.45, 2.75) is 32.7 Å². The highest BCUT2D eigenvalue weighted by Gasteiger charge is 2.41. The zero-order valence-corrected chi connectivity index (χ0v) is 7.99. The molecule has 1 aliphatic heterocycles. The van der Waals surface area contributed by atoms with Gasteiger partial charge in [-0.1, -0.05) is 6.92 Å². The average molecular weight is 185 g/mol. The van der Waals surface area contributed by atoms with E-state index in [-0.39, 0.29) is 18.4 Å². The van der Waals surface area contributed by atoms with Crippen LogP contribution in [-0.2, 0) is 9.59 Å². The highest BCUT2D eigenvalue weighted by molar-refractivity contribution is 5.86. The zero-order chi connectivity index (χ0) is 10.0. The summed E-state index contributed by atoms with van der Waals surface area (Å²) in [6.07, 6.45) is 0.887. The van der Waals surface area contributed by atoms with Crippen molar-refractivity contribution >= 4 is 11.9 Å². The van der Waals surface area contributed by atoms with Crippen molar-refractivity contribution in [3.63, 3.8) is 0 Å². The molecule has 0 bridgehead atoms. The van der Waals surface area contributed by atoms with Crippen molar-refractivity contribution in [1.29, 1.82) is 0 Å². The van der Waals surface area contributed by atoms with Crippen LogP contribution in [0, 0.1) is 5.92 Å². The average Bonchev–Trinajstić information content (AvgIpc) is 2.41. The summed E-state index contributed by atoms with van der Waals surface area (Å²) in [6, 6.07) is -0.102. The van der Waals surface area contributed by atoms with E-state index in [1.54, 1.807) is 4.90 Å². The number of carbonyl (C=O) groups is 2. The number of carboxylic acid groups (broad SMARTS) is 1. The van der Waals surface area contributed by atoms with E-state index in [1.807, 2.05) is 13.8 Å². The van der Waals surface area contributed by atoms with E-state index in [4.69, 9.17) is 5.11 Å². The number of carbonyl (C=O) groups excluding carboxylic acids is 1. The van der Waals surface area contributed by atoms with E-state index >= 15 is 0 Å². The molecule has 1 N–H and O–H groups in total. The second kappa shape index (κ2) is 3.77. The molecule has 1 amide bonds. The van der Waals surface area contributed by atoms with Crippen molar-refractivity contribution in [2.75, 3.05) is 6.54 Å². The van der Waals surface area contributed by atoms with Crippen LogP contribution in [-0.4, -0.2) is 34.5 Å². The molecular weight excluding hydrogens is 170 g/mol. The minimum atomic E-state index is -0.851. The summed E-state index contributed by atoms with van der Waals surface area (Å²) in [4.78, 5) is 23.8. The number of aliphatic carboxylic acids is 1. The summed E-state index contributed by atoms with van der Waals surface area (Å²) in [5, 5.41) is 8.87. The Morgan fingerprint density at radius 1 is 1.62 bits per heavy atom. The van der Waals surface area contributed by atoms with Gasteiger partial charge in [-0.2, -0.15) is 0 Å². The van der Waals surface area contributed by atoms with Gasteiger partial charge in [0.25, 0.3) is 0 Å².